The van der Waals surface area contributed by atoms with Crippen LogP contribution in [-0.4, -0.2) is 11.7 Å². The van der Waals surface area contributed by atoms with Gasteiger partial charge in [0.2, 0.25) is 0 Å². The van der Waals surface area contributed by atoms with Gasteiger partial charge in [0, 0.05) is 11.0 Å². The van der Waals surface area contributed by atoms with Crippen molar-refractivity contribution in [1.82, 2.24) is 0 Å². The number of nitriles is 1. The quantitative estimate of drug-likeness (QED) is 0.571. The van der Waals surface area contributed by atoms with Gasteiger partial charge in [0.15, 0.2) is 0 Å². The van der Waals surface area contributed by atoms with Gasteiger partial charge in [0.05, 0.1) is 6.07 Å². The normalized spacial score (nSPS) is 58.2. The summed E-state index contributed by atoms with van der Waals surface area (Å²) in [5, 5.41) is 9.66. The van der Waals surface area contributed by atoms with Crippen molar-refractivity contribution in [3.63, 3.8) is 0 Å². The molecule has 0 aromatic heterocycles. The summed E-state index contributed by atoms with van der Waals surface area (Å²) in [5.74, 6) is 3.43. The Morgan fingerprint density at radius 1 is 1.08 bits per heavy atom. The average molecular weight is 325 g/mol. The third-order valence-corrected chi connectivity index (χ3v) is 9.79. The third kappa shape index (κ3) is 1.53. The molecule has 4 aliphatic carbocycles. The molecule has 0 aromatic carbocycles. The maximum atomic E-state index is 9.66. The Balaban J connectivity index is 1.55. The summed E-state index contributed by atoms with van der Waals surface area (Å²) < 4.78 is 6.41. The van der Waals surface area contributed by atoms with Crippen LogP contribution in [0, 0.1) is 45.8 Å². The van der Waals surface area contributed by atoms with E-state index >= 15 is 0 Å². The van der Waals surface area contributed by atoms with E-state index in [9.17, 15) is 5.26 Å². The van der Waals surface area contributed by atoms with E-state index in [4.69, 9.17) is 4.74 Å². The molecule has 130 valence electrons. The van der Waals surface area contributed by atoms with E-state index in [-0.39, 0.29) is 17.1 Å². The second-order valence-corrected chi connectivity index (χ2v) is 10.2. The molecule has 8 atom stereocenters. The summed E-state index contributed by atoms with van der Waals surface area (Å²) in [6, 6.07) is 2.52. The molecule has 3 saturated carbocycles. The highest BCUT2D eigenvalue weighted by molar-refractivity contribution is 5.43. The van der Waals surface area contributed by atoms with Gasteiger partial charge >= 0.3 is 0 Å². The van der Waals surface area contributed by atoms with Crippen LogP contribution in [0.2, 0.25) is 0 Å². The van der Waals surface area contributed by atoms with Gasteiger partial charge in [-0.3, -0.25) is 0 Å². The Hall–Kier alpha value is -0.810. The molecule has 1 aliphatic heterocycles. The minimum absolute atomic E-state index is 0.0799. The number of allylic oxidation sites excluding steroid dienone is 1. The van der Waals surface area contributed by atoms with Crippen molar-refractivity contribution < 1.29 is 4.74 Å². The minimum atomic E-state index is 0.0799. The van der Waals surface area contributed by atoms with E-state index in [1.165, 1.54) is 44.1 Å². The molecule has 0 radical (unpaired) electrons. The van der Waals surface area contributed by atoms with Gasteiger partial charge in [-0.25, -0.2) is 0 Å². The second kappa shape index (κ2) is 4.47. The lowest BCUT2D eigenvalue weighted by Crippen LogP contribution is -2.57. The minimum Gasteiger partial charge on any atom is -0.361 e. The number of nitrogens with zero attached hydrogens (tertiary/aromatic N) is 1. The van der Waals surface area contributed by atoms with Crippen molar-refractivity contribution in [3.8, 4) is 6.07 Å². The van der Waals surface area contributed by atoms with Crippen molar-refractivity contribution in [2.45, 2.75) is 84.3 Å². The monoisotopic (exact) mass is 325 g/mol. The highest BCUT2D eigenvalue weighted by Gasteiger charge is 2.75. The van der Waals surface area contributed by atoms with Crippen LogP contribution in [0.1, 0.15) is 72.6 Å². The van der Waals surface area contributed by atoms with Gasteiger partial charge in [-0.2, -0.15) is 5.26 Å². The Kier molecular flexibility index (Phi) is 2.88. The first-order valence-electron chi connectivity index (χ1n) is 10.1. The van der Waals surface area contributed by atoms with Gasteiger partial charge in [-0.05, 0) is 86.5 Å². The molecule has 1 heterocycles. The van der Waals surface area contributed by atoms with E-state index in [0.29, 0.717) is 5.41 Å². The fraction of sp³-hybridized carbons (Fsp3) is 0.864. The lowest BCUT2D eigenvalue weighted by atomic mass is 9.44. The number of ether oxygens (including phenoxy) is 1. The SMILES string of the molecule is CC1=C(C#N)C[C@]2(C)[C@@H]3CC[C@]4(C)C(C)CC[C@H]4[C@@H]3CCC23OC13. The predicted molar refractivity (Wildman–Crippen MR) is 94.1 cm³/mol. The van der Waals surface area contributed by atoms with Gasteiger partial charge in [-0.15, -0.1) is 0 Å². The third-order valence-electron chi connectivity index (χ3n) is 9.79. The molecule has 0 aromatic rings. The zero-order chi connectivity index (χ0) is 16.9. The lowest BCUT2D eigenvalue weighted by molar-refractivity contribution is -0.104. The van der Waals surface area contributed by atoms with Crippen LogP contribution >= 0.6 is 0 Å². The fourth-order valence-corrected chi connectivity index (χ4v) is 8.04. The number of rotatable bonds is 0. The molecule has 5 rings (SSSR count). The number of hydrogen-bond acceptors (Lipinski definition) is 2. The van der Waals surface area contributed by atoms with Crippen LogP contribution in [0.25, 0.3) is 0 Å². The van der Waals surface area contributed by atoms with Gasteiger partial charge in [0.1, 0.15) is 11.7 Å². The fourth-order valence-electron chi connectivity index (χ4n) is 8.04. The summed E-state index contributed by atoms with van der Waals surface area (Å²) >= 11 is 0. The zero-order valence-corrected chi connectivity index (χ0v) is 15.7. The molecule has 0 bridgehead atoms. The molecule has 24 heavy (non-hydrogen) atoms. The molecule has 1 spiro atoms. The average Bonchev–Trinajstić information content (AvgIpc) is 3.23. The molecule has 0 N–H and O–H groups in total. The topological polar surface area (TPSA) is 36.3 Å². The first-order chi connectivity index (χ1) is 11.4. The maximum Gasteiger partial charge on any atom is 0.110 e. The smallest absolute Gasteiger partial charge is 0.110 e. The van der Waals surface area contributed by atoms with Gasteiger partial charge in [-0.1, -0.05) is 20.8 Å². The van der Waals surface area contributed by atoms with Crippen LogP contribution in [-0.2, 0) is 4.74 Å². The summed E-state index contributed by atoms with van der Waals surface area (Å²) in [7, 11) is 0. The number of fused-ring (bicyclic) bond motifs is 4. The highest BCUT2D eigenvalue weighted by Crippen LogP contribution is 2.73. The summed E-state index contributed by atoms with van der Waals surface area (Å²) in [5.41, 5.74) is 3.12. The second-order valence-electron chi connectivity index (χ2n) is 10.2. The first-order valence-corrected chi connectivity index (χ1v) is 10.1. The molecular formula is C22H31NO. The first kappa shape index (κ1) is 15.4. The zero-order valence-electron chi connectivity index (χ0n) is 15.7. The number of hydrogen-bond donors (Lipinski definition) is 0. The Labute approximate surface area is 146 Å². The number of epoxide rings is 1. The van der Waals surface area contributed by atoms with Crippen molar-refractivity contribution in [2.24, 2.45) is 34.5 Å². The summed E-state index contributed by atoms with van der Waals surface area (Å²) in [4.78, 5) is 0. The molecule has 4 fully saturated rings. The van der Waals surface area contributed by atoms with E-state index in [2.05, 4.69) is 33.8 Å². The van der Waals surface area contributed by atoms with Crippen LogP contribution in [0.5, 0.6) is 0 Å². The van der Waals surface area contributed by atoms with E-state index in [1.54, 1.807) is 0 Å². The summed E-state index contributed by atoms with van der Waals surface area (Å²) in [6.45, 7) is 9.70. The maximum absolute atomic E-state index is 9.66. The van der Waals surface area contributed by atoms with Crippen molar-refractivity contribution in [1.29, 1.82) is 5.26 Å². The predicted octanol–water partition coefficient (Wildman–Crippen LogP) is 5.25. The molecule has 1 saturated heterocycles. The van der Waals surface area contributed by atoms with Crippen molar-refractivity contribution >= 4 is 0 Å². The van der Waals surface area contributed by atoms with E-state index in [0.717, 1.165) is 35.7 Å². The van der Waals surface area contributed by atoms with E-state index < -0.39 is 0 Å². The molecule has 2 heteroatoms. The Morgan fingerprint density at radius 3 is 2.62 bits per heavy atom. The molecule has 3 unspecified atom stereocenters. The standard InChI is InChI=1S/C22H31NO/c1-13-5-6-17-16-7-10-22-19(24-22)14(2)15(12-23)11-21(22,4)18(16)8-9-20(13,17)3/h13,16-19H,5-11H2,1-4H3/t13?,16-,17-,18+,19?,20+,21+,22?/m0/s1. The lowest BCUT2D eigenvalue weighted by Gasteiger charge is -2.59. The molecule has 5 aliphatic rings. The van der Waals surface area contributed by atoms with Crippen molar-refractivity contribution in [3.05, 3.63) is 11.1 Å². The Morgan fingerprint density at radius 2 is 1.88 bits per heavy atom. The molecule has 0 amide bonds. The van der Waals surface area contributed by atoms with Gasteiger partial charge < -0.3 is 4.74 Å². The van der Waals surface area contributed by atoms with Gasteiger partial charge in [0.25, 0.3) is 0 Å². The van der Waals surface area contributed by atoms with Crippen LogP contribution < -0.4 is 0 Å². The van der Waals surface area contributed by atoms with Crippen LogP contribution in [0.15, 0.2) is 11.1 Å². The van der Waals surface area contributed by atoms with Crippen molar-refractivity contribution in [2.75, 3.05) is 0 Å². The van der Waals surface area contributed by atoms with Crippen LogP contribution in [0.3, 0.4) is 0 Å². The Bertz CT molecular complexity index is 674. The van der Waals surface area contributed by atoms with E-state index in [1.807, 2.05) is 0 Å². The summed E-state index contributed by atoms with van der Waals surface area (Å²) in [6.07, 6.45) is 9.41. The highest BCUT2D eigenvalue weighted by atomic mass is 16.6. The molecular weight excluding hydrogens is 294 g/mol. The largest absolute Gasteiger partial charge is 0.361 e. The molecule has 2 nitrogen and oxygen atoms in total. The van der Waals surface area contributed by atoms with Crippen LogP contribution in [0.4, 0.5) is 0 Å².